The zero-order valence-electron chi connectivity index (χ0n) is 15.2. The van der Waals surface area contributed by atoms with Gasteiger partial charge in [0.25, 0.3) is 11.8 Å². The van der Waals surface area contributed by atoms with Crippen molar-refractivity contribution in [3.8, 4) is 11.5 Å². The van der Waals surface area contributed by atoms with Crippen molar-refractivity contribution in [1.29, 1.82) is 0 Å². The lowest BCUT2D eigenvalue weighted by molar-refractivity contribution is 0.101. The summed E-state index contributed by atoms with van der Waals surface area (Å²) in [6.45, 7) is 1.94. The van der Waals surface area contributed by atoms with E-state index in [0.29, 0.717) is 39.5 Å². The molecule has 0 spiro atoms. The van der Waals surface area contributed by atoms with Gasteiger partial charge in [-0.25, -0.2) is 0 Å². The predicted octanol–water partition coefficient (Wildman–Crippen LogP) is 4.61. The summed E-state index contributed by atoms with van der Waals surface area (Å²) in [6, 6.07) is 15.7. The van der Waals surface area contributed by atoms with Gasteiger partial charge in [0.05, 0.1) is 23.0 Å². The van der Waals surface area contributed by atoms with Crippen molar-refractivity contribution in [3.05, 3.63) is 71.3 Å². The van der Waals surface area contributed by atoms with E-state index in [9.17, 15) is 9.59 Å². The van der Waals surface area contributed by atoms with Gasteiger partial charge in [-0.15, -0.1) is 0 Å². The Labute approximate surface area is 169 Å². The zero-order chi connectivity index (χ0) is 20.0. The third kappa shape index (κ3) is 3.19. The number of benzene rings is 3. The number of ether oxygens (including phenoxy) is 1. The second-order valence-corrected chi connectivity index (χ2v) is 7.22. The summed E-state index contributed by atoms with van der Waals surface area (Å²) in [4.78, 5) is 25.3. The number of rotatable bonds is 2. The Morgan fingerprint density at radius 1 is 1.00 bits per heavy atom. The van der Waals surface area contributed by atoms with Crippen molar-refractivity contribution < 1.29 is 14.3 Å². The van der Waals surface area contributed by atoms with Crippen molar-refractivity contribution in [2.24, 2.45) is 0 Å². The standard InChI is InChI=1S/C21H14N4O3S/c1-11-2-6-19-17(8-11)23-21(27)14-10-13(4-7-18(14)28-19)22-20(26)12-3-5-15-16(9-12)25-29-24-15/h2-10H,1H3,(H,22,26)(H,23,27). The van der Waals surface area contributed by atoms with Gasteiger partial charge in [0, 0.05) is 11.3 Å². The van der Waals surface area contributed by atoms with E-state index < -0.39 is 0 Å². The highest BCUT2D eigenvalue weighted by Gasteiger charge is 2.22. The van der Waals surface area contributed by atoms with Gasteiger partial charge in [0.1, 0.15) is 16.8 Å². The molecular weight excluding hydrogens is 388 g/mol. The van der Waals surface area contributed by atoms with Crippen LogP contribution in [0.5, 0.6) is 11.5 Å². The summed E-state index contributed by atoms with van der Waals surface area (Å²) in [5.74, 6) is 0.409. The molecule has 2 heterocycles. The zero-order valence-corrected chi connectivity index (χ0v) is 16.0. The quantitative estimate of drug-likeness (QED) is 0.511. The minimum atomic E-state index is -0.297. The molecule has 3 aromatic carbocycles. The first-order valence-corrected chi connectivity index (χ1v) is 9.57. The molecule has 0 atom stereocenters. The van der Waals surface area contributed by atoms with Crippen LogP contribution in [-0.4, -0.2) is 20.6 Å². The SMILES string of the molecule is Cc1ccc2c(c1)NC(=O)c1cc(NC(=O)c3ccc4nsnc4c3)ccc1O2. The van der Waals surface area contributed by atoms with Crippen molar-refractivity contribution in [1.82, 2.24) is 8.75 Å². The van der Waals surface area contributed by atoms with Crippen LogP contribution in [0.1, 0.15) is 26.3 Å². The van der Waals surface area contributed by atoms with Crippen LogP contribution in [0.3, 0.4) is 0 Å². The van der Waals surface area contributed by atoms with Gasteiger partial charge in [-0.2, -0.15) is 8.75 Å². The van der Waals surface area contributed by atoms with Crippen LogP contribution in [0.25, 0.3) is 11.0 Å². The molecule has 5 rings (SSSR count). The van der Waals surface area contributed by atoms with Crippen LogP contribution in [0.2, 0.25) is 0 Å². The Balaban J connectivity index is 1.43. The fraction of sp³-hybridized carbons (Fsp3) is 0.0476. The molecule has 0 unspecified atom stereocenters. The smallest absolute Gasteiger partial charge is 0.259 e. The molecule has 142 valence electrons. The van der Waals surface area contributed by atoms with Gasteiger partial charge in [0.2, 0.25) is 0 Å². The summed E-state index contributed by atoms with van der Waals surface area (Å²) in [5, 5.41) is 5.68. The molecule has 1 aromatic heterocycles. The summed E-state index contributed by atoms with van der Waals surface area (Å²) in [5.41, 5.74) is 4.34. The van der Waals surface area contributed by atoms with Gasteiger partial charge in [0.15, 0.2) is 5.75 Å². The van der Waals surface area contributed by atoms with Gasteiger partial charge in [-0.1, -0.05) is 6.07 Å². The minimum Gasteiger partial charge on any atom is -0.454 e. The fourth-order valence-electron chi connectivity index (χ4n) is 3.14. The van der Waals surface area contributed by atoms with Crippen molar-refractivity contribution in [2.45, 2.75) is 6.92 Å². The number of aryl methyl sites for hydroxylation is 1. The first-order chi connectivity index (χ1) is 14.1. The summed E-state index contributed by atoms with van der Waals surface area (Å²) < 4.78 is 14.2. The third-order valence-corrected chi connectivity index (χ3v) is 5.16. The maximum absolute atomic E-state index is 12.7. The number of amides is 2. The van der Waals surface area contributed by atoms with E-state index in [0.717, 1.165) is 22.8 Å². The highest BCUT2D eigenvalue weighted by molar-refractivity contribution is 7.00. The van der Waals surface area contributed by atoms with Gasteiger partial charge in [-0.05, 0) is 61.0 Å². The number of hydrogen-bond acceptors (Lipinski definition) is 6. The van der Waals surface area contributed by atoms with Crippen LogP contribution in [0.4, 0.5) is 11.4 Å². The maximum Gasteiger partial charge on any atom is 0.259 e. The van der Waals surface area contributed by atoms with Crippen molar-refractivity contribution in [3.63, 3.8) is 0 Å². The Morgan fingerprint density at radius 3 is 2.72 bits per heavy atom. The van der Waals surface area contributed by atoms with Crippen molar-refractivity contribution in [2.75, 3.05) is 10.6 Å². The number of nitrogens with zero attached hydrogens (tertiary/aromatic N) is 2. The third-order valence-electron chi connectivity index (χ3n) is 4.60. The lowest BCUT2D eigenvalue weighted by Gasteiger charge is -2.10. The van der Waals surface area contributed by atoms with Crippen molar-refractivity contribution >= 4 is 46.0 Å². The molecule has 1 aliphatic rings. The normalized spacial score (nSPS) is 12.4. The summed E-state index contributed by atoms with van der Waals surface area (Å²) in [6.07, 6.45) is 0. The van der Waals surface area contributed by atoms with Crippen LogP contribution < -0.4 is 15.4 Å². The largest absolute Gasteiger partial charge is 0.454 e. The monoisotopic (exact) mass is 402 g/mol. The average molecular weight is 402 g/mol. The number of hydrogen-bond donors (Lipinski definition) is 2. The fourth-order valence-corrected chi connectivity index (χ4v) is 3.66. The lowest BCUT2D eigenvalue weighted by Crippen LogP contribution is -2.14. The van der Waals surface area contributed by atoms with E-state index in [1.54, 1.807) is 36.4 Å². The molecule has 0 bridgehead atoms. The Morgan fingerprint density at radius 2 is 1.83 bits per heavy atom. The highest BCUT2D eigenvalue weighted by Crippen LogP contribution is 2.37. The molecule has 4 aromatic rings. The van der Waals surface area contributed by atoms with Gasteiger partial charge < -0.3 is 15.4 Å². The van der Waals surface area contributed by atoms with E-state index in [-0.39, 0.29) is 11.8 Å². The second-order valence-electron chi connectivity index (χ2n) is 6.69. The second kappa shape index (κ2) is 6.68. The first kappa shape index (κ1) is 17.3. The number of anilines is 2. The van der Waals surface area contributed by atoms with Crippen LogP contribution in [0, 0.1) is 6.92 Å². The number of nitrogens with one attached hydrogen (secondary N) is 2. The topological polar surface area (TPSA) is 93.2 Å². The molecule has 2 N–H and O–H groups in total. The highest BCUT2D eigenvalue weighted by atomic mass is 32.1. The van der Waals surface area contributed by atoms with Crippen LogP contribution in [0.15, 0.2) is 54.6 Å². The van der Waals surface area contributed by atoms with E-state index in [4.69, 9.17) is 4.74 Å². The minimum absolute atomic E-state index is 0.296. The number of fused-ring (bicyclic) bond motifs is 3. The molecule has 29 heavy (non-hydrogen) atoms. The Hall–Kier alpha value is -3.78. The molecule has 7 nitrogen and oxygen atoms in total. The molecule has 0 radical (unpaired) electrons. The summed E-state index contributed by atoms with van der Waals surface area (Å²) in [7, 11) is 0. The van der Waals surface area contributed by atoms with E-state index >= 15 is 0 Å². The van der Waals surface area contributed by atoms with E-state index in [2.05, 4.69) is 19.4 Å². The lowest BCUT2D eigenvalue weighted by atomic mass is 10.1. The first-order valence-electron chi connectivity index (χ1n) is 8.84. The predicted molar refractivity (Wildman–Crippen MR) is 111 cm³/mol. The molecule has 0 saturated heterocycles. The average Bonchev–Trinajstić information content (AvgIpc) is 3.13. The maximum atomic E-state index is 12.7. The number of carbonyl (C=O) groups excluding carboxylic acids is 2. The Kier molecular flexibility index (Phi) is 3.99. The Bertz CT molecular complexity index is 1300. The molecule has 8 heteroatoms. The molecule has 2 amide bonds. The number of aromatic nitrogens is 2. The molecule has 0 saturated carbocycles. The van der Waals surface area contributed by atoms with E-state index in [1.807, 2.05) is 25.1 Å². The molecular formula is C21H14N4O3S. The molecule has 0 fully saturated rings. The van der Waals surface area contributed by atoms with Crippen LogP contribution >= 0.6 is 11.7 Å². The molecule has 0 aliphatic carbocycles. The summed E-state index contributed by atoms with van der Waals surface area (Å²) >= 11 is 1.10. The van der Waals surface area contributed by atoms with Crippen LogP contribution in [-0.2, 0) is 0 Å². The number of carbonyl (C=O) groups is 2. The van der Waals surface area contributed by atoms with Gasteiger partial charge in [-0.3, -0.25) is 9.59 Å². The van der Waals surface area contributed by atoms with E-state index in [1.165, 1.54) is 0 Å². The van der Waals surface area contributed by atoms with Gasteiger partial charge >= 0.3 is 0 Å². The molecule has 1 aliphatic heterocycles.